The van der Waals surface area contributed by atoms with Gasteiger partial charge in [-0.2, -0.15) is 0 Å². The molecule has 2 fully saturated rings. The second-order valence-corrected chi connectivity index (χ2v) is 6.42. The molecule has 0 radical (unpaired) electrons. The molecule has 0 aliphatic carbocycles. The average molecular weight is 296 g/mol. The summed E-state index contributed by atoms with van der Waals surface area (Å²) in [5.74, 6) is 0.0124. The first-order valence-corrected chi connectivity index (χ1v) is 7.80. The third-order valence-electron chi connectivity index (χ3n) is 4.57. The lowest BCUT2D eigenvalue weighted by atomic mass is 9.73. The van der Waals surface area contributed by atoms with Crippen LogP contribution in [0.3, 0.4) is 0 Å². The molecule has 2 saturated heterocycles. The zero-order valence-electron chi connectivity index (χ0n) is 13.3. The normalized spacial score (nSPS) is 29.7. The van der Waals surface area contributed by atoms with Crippen molar-refractivity contribution in [2.45, 2.75) is 25.4 Å². The smallest absolute Gasteiger partial charge is 0.248 e. The molecule has 0 aromatic heterocycles. The molecule has 2 atom stereocenters. The molecule has 2 aliphatic heterocycles. The van der Waals surface area contributed by atoms with Crippen LogP contribution < -0.4 is 0 Å². The molecule has 0 saturated carbocycles. The summed E-state index contributed by atoms with van der Waals surface area (Å²) < 4.78 is 11.7. The van der Waals surface area contributed by atoms with Crippen LogP contribution in [0.4, 0.5) is 0 Å². The van der Waals surface area contributed by atoms with Crippen molar-refractivity contribution in [1.29, 1.82) is 0 Å². The topological polar surface area (TPSA) is 42.0 Å². The number of hydrogen-bond acceptors (Lipinski definition) is 4. The van der Waals surface area contributed by atoms with Gasteiger partial charge in [0.2, 0.25) is 5.91 Å². The van der Waals surface area contributed by atoms with Crippen molar-refractivity contribution in [3.05, 3.63) is 12.7 Å². The summed E-state index contributed by atoms with van der Waals surface area (Å²) in [6.07, 6.45) is 5.44. The highest BCUT2D eigenvalue weighted by Gasteiger charge is 2.45. The Hall–Kier alpha value is -0.910. The molecule has 2 heterocycles. The molecule has 21 heavy (non-hydrogen) atoms. The van der Waals surface area contributed by atoms with E-state index in [1.807, 2.05) is 6.08 Å². The maximum absolute atomic E-state index is 11.7. The molecule has 0 aromatic rings. The monoisotopic (exact) mass is 296 g/mol. The first-order valence-electron chi connectivity index (χ1n) is 7.80. The molecule has 5 nitrogen and oxygen atoms in total. The summed E-state index contributed by atoms with van der Waals surface area (Å²) in [4.78, 5) is 15.6. The highest BCUT2D eigenvalue weighted by molar-refractivity contribution is 5.76. The molecule has 0 N–H and O–H groups in total. The Morgan fingerprint density at radius 2 is 2.38 bits per heavy atom. The Bertz CT molecular complexity index is 373. The van der Waals surface area contributed by atoms with Gasteiger partial charge in [0.15, 0.2) is 0 Å². The number of nitrogens with zero attached hydrogens (tertiary/aromatic N) is 2. The molecule has 1 amide bonds. The van der Waals surface area contributed by atoms with Gasteiger partial charge in [0, 0.05) is 45.8 Å². The number of rotatable bonds is 6. The third-order valence-corrected chi connectivity index (χ3v) is 4.57. The van der Waals surface area contributed by atoms with Crippen LogP contribution in [0.15, 0.2) is 12.7 Å². The lowest BCUT2D eigenvalue weighted by Gasteiger charge is -2.50. The van der Waals surface area contributed by atoms with E-state index in [0.717, 1.165) is 45.5 Å². The number of likely N-dealkylation sites (N-methyl/N-ethyl adjacent to an activating group) is 1. The van der Waals surface area contributed by atoms with Crippen molar-refractivity contribution in [3.8, 4) is 0 Å². The summed E-state index contributed by atoms with van der Waals surface area (Å²) in [7, 11) is 3.51. The highest BCUT2D eigenvalue weighted by Crippen LogP contribution is 2.40. The van der Waals surface area contributed by atoms with Crippen LogP contribution in [0.25, 0.3) is 0 Å². The van der Waals surface area contributed by atoms with E-state index in [2.05, 4.69) is 11.5 Å². The fourth-order valence-electron chi connectivity index (χ4n) is 3.40. The van der Waals surface area contributed by atoms with E-state index in [0.29, 0.717) is 6.61 Å². The van der Waals surface area contributed by atoms with Crippen LogP contribution in [0.5, 0.6) is 0 Å². The summed E-state index contributed by atoms with van der Waals surface area (Å²) in [5.41, 5.74) is 0.0338. The second kappa shape index (κ2) is 7.38. The first-order chi connectivity index (χ1) is 10.1. The van der Waals surface area contributed by atoms with E-state index in [4.69, 9.17) is 9.47 Å². The number of piperidine rings is 1. The number of amides is 1. The van der Waals surface area contributed by atoms with Gasteiger partial charge in [-0.25, -0.2) is 0 Å². The van der Waals surface area contributed by atoms with Crippen molar-refractivity contribution in [2.75, 3.05) is 53.6 Å². The van der Waals surface area contributed by atoms with Crippen molar-refractivity contribution in [3.63, 3.8) is 0 Å². The van der Waals surface area contributed by atoms with E-state index in [-0.39, 0.29) is 24.0 Å². The minimum absolute atomic E-state index is 0.0124. The fourth-order valence-corrected chi connectivity index (χ4v) is 3.40. The van der Waals surface area contributed by atoms with Gasteiger partial charge in [0.25, 0.3) is 0 Å². The Morgan fingerprint density at radius 1 is 1.57 bits per heavy atom. The van der Waals surface area contributed by atoms with E-state index in [9.17, 15) is 4.79 Å². The SMILES string of the molecule is C=CCN1CCC2OCCCC2(COCC(=O)N(C)C)C1. The van der Waals surface area contributed by atoms with Crippen LogP contribution in [0, 0.1) is 5.41 Å². The van der Waals surface area contributed by atoms with Gasteiger partial charge in [-0.1, -0.05) is 6.08 Å². The summed E-state index contributed by atoms with van der Waals surface area (Å²) in [6.45, 7) is 8.37. The molecular weight excluding hydrogens is 268 g/mol. The Labute approximate surface area is 127 Å². The van der Waals surface area contributed by atoms with Crippen LogP contribution in [-0.4, -0.2) is 75.4 Å². The summed E-state index contributed by atoms with van der Waals surface area (Å²) in [6, 6.07) is 0. The maximum atomic E-state index is 11.7. The molecule has 0 spiro atoms. The van der Waals surface area contributed by atoms with Crippen LogP contribution in [0.2, 0.25) is 0 Å². The summed E-state index contributed by atoms with van der Waals surface area (Å²) in [5, 5.41) is 0. The zero-order chi connectivity index (χ0) is 15.3. The van der Waals surface area contributed by atoms with Crippen molar-refractivity contribution in [1.82, 2.24) is 9.80 Å². The quantitative estimate of drug-likeness (QED) is 0.690. The van der Waals surface area contributed by atoms with Gasteiger partial charge in [0.1, 0.15) is 6.61 Å². The number of hydrogen-bond donors (Lipinski definition) is 0. The Morgan fingerprint density at radius 3 is 3.10 bits per heavy atom. The molecule has 120 valence electrons. The highest BCUT2D eigenvalue weighted by atomic mass is 16.5. The number of likely N-dealkylation sites (tertiary alicyclic amines) is 1. The maximum Gasteiger partial charge on any atom is 0.248 e. The molecular formula is C16H28N2O3. The molecule has 0 aromatic carbocycles. The van der Waals surface area contributed by atoms with Crippen LogP contribution >= 0.6 is 0 Å². The van der Waals surface area contributed by atoms with Crippen LogP contribution in [0.1, 0.15) is 19.3 Å². The van der Waals surface area contributed by atoms with Crippen molar-refractivity contribution < 1.29 is 14.3 Å². The van der Waals surface area contributed by atoms with Crippen LogP contribution in [-0.2, 0) is 14.3 Å². The number of carbonyl (C=O) groups is 1. The minimum Gasteiger partial charge on any atom is -0.377 e. The van der Waals surface area contributed by atoms with Crippen molar-refractivity contribution in [2.24, 2.45) is 5.41 Å². The predicted octanol–water partition coefficient (Wildman–Crippen LogP) is 1.15. The molecule has 0 bridgehead atoms. The Kier molecular flexibility index (Phi) is 5.79. The molecule has 2 unspecified atom stereocenters. The lowest BCUT2D eigenvalue weighted by molar-refractivity contribution is -0.158. The average Bonchev–Trinajstić information content (AvgIpc) is 2.47. The molecule has 2 aliphatic rings. The predicted molar refractivity (Wildman–Crippen MR) is 82.2 cm³/mol. The number of ether oxygens (including phenoxy) is 2. The van der Waals surface area contributed by atoms with Crippen molar-refractivity contribution >= 4 is 5.91 Å². The van der Waals surface area contributed by atoms with E-state index >= 15 is 0 Å². The van der Waals surface area contributed by atoms with E-state index < -0.39 is 0 Å². The lowest BCUT2D eigenvalue weighted by Crippen LogP contribution is -2.57. The largest absolute Gasteiger partial charge is 0.377 e. The molecule has 5 heteroatoms. The minimum atomic E-state index is 0.0124. The first kappa shape index (κ1) is 16.5. The number of fused-ring (bicyclic) bond motifs is 1. The molecule has 2 rings (SSSR count). The van der Waals surface area contributed by atoms with Gasteiger partial charge in [-0.15, -0.1) is 6.58 Å². The Balaban J connectivity index is 1.95. The summed E-state index contributed by atoms with van der Waals surface area (Å²) >= 11 is 0. The number of carbonyl (C=O) groups excluding carboxylic acids is 1. The third kappa shape index (κ3) is 4.05. The standard InChI is InChI=1S/C16H28N2O3/c1-4-8-18-9-6-14-16(12-18,7-5-10-21-14)13-20-11-15(19)17(2)3/h4,14H,1,5-13H2,2-3H3. The van der Waals surface area contributed by atoms with E-state index in [1.54, 1.807) is 19.0 Å². The van der Waals surface area contributed by atoms with Gasteiger partial charge in [-0.3, -0.25) is 9.69 Å². The van der Waals surface area contributed by atoms with Gasteiger partial charge >= 0.3 is 0 Å². The van der Waals surface area contributed by atoms with E-state index in [1.165, 1.54) is 0 Å². The fraction of sp³-hybridized carbons (Fsp3) is 0.812. The van der Waals surface area contributed by atoms with Gasteiger partial charge < -0.3 is 14.4 Å². The zero-order valence-corrected chi connectivity index (χ0v) is 13.3. The van der Waals surface area contributed by atoms with Gasteiger partial charge in [0.05, 0.1) is 12.7 Å². The second-order valence-electron chi connectivity index (χ2n) is 6.42. The van der Waals surface area contributed by atoms with Gasteiger partial charge in [-0.05, 0) is 19.3 Å².